The largest absolute Gasteiger partial charge is 0.504 e. The lowest BCUT2D eigenvalue weighted by atomic mass is 10.3. The van der Waals surface area contributed by atoms with Gasteiger partial charge in [0.05, 0.1) is 0 Å². The van der Waals surface area contributed by atoms with E-state index < -0.39 is 10.4 Å². The average Bonchev–Trinajstić information content (AvgIpc) is 2.33. The lowest BCUT2D eigenvalue weighted by Gasteiger charge is -2.08. The van der Waals surface area contributed by atoms with Gasteiger partial charge in [-0.2, -0.15) is 8.42 Å². The van der Waals surface area contributed by atoms with Crippen molar-refractivity contribution in [1.29, 1.82) is 0 Å². The molecule has 2 aromatic carbocycles. The molecule has 7 N–H and O–H groups in total. The molecule has 2 rings (SSSR count). The summed E-state index contributed by atoms with van der Waals surface area (Å²) in [4.78, 5) is 0. The van der Waals surface area contributed by atoms with Crippen molar-refractivity contribution in [2.24, 2.45) is 0 Å². The molecule has 0 heterocycles. The first-order chi connectivity index (χ1) is 9.27. The Morgan fingerprint density at radius 2 is 1.05 bits per heavy atom. The summed E-state index contributed by atoms with van der Waals surface area (Å²) in [6.07, 6.45) is 0. The van der Waals surface area contributed by atoms with Crippen molar-refractivity contribution in [3.8, 4) is 23.0 Å². The van der Waals surface area contributed by atoms with E-state index in [9.17, 15) is 10.2 Å². The fourth-order valence-corrected chi connectivity index (χ4v) is 1.21. The second kappa shape index (κ2) is 8.07. The van der Waals surface area contributed by atoms with Gasteiger partial charge in [-0.3, -0.25) is 9.11 Å². The predicted octanol–water partition coefficient (Wildman–Crippen LogP) is 2.40. The van der Waals surface area contributed by atoms with E-state index in [-0.39, 0.29) is 17.6 Å². The Balaban J connectivity index is 0.000000583. The maximum atomic E-state index is 9.46. The van der Waals surface area contributed by atoms with Crippen LogP contribution in [0.2, 0.25) is 0 Å². The Kier molecular flexibility index (Phi) is 7.17. The van der Waals surface area contributed by atoms with Gasteiger partial charge in [0, 0.05) is 0 Å². The van der Waals surface area contributed by atoms with Crippen molar-refractivity contribution >= 4 is 10.4 Å². The van der Waals surface area contributed by atoms with Crippen LogP contribution >= 0.6 is 0 Å². The van der Waals surface area contributed by atoms with Gasteiger partial charge in [0.2, 0.25) is 0 Å². The molecule has 0 unspecified atom stereocenters. The van der Waals surface area contributed by atoms with Crippen molar-refractivity contribution in [3.63, 3.8) is 0 Å². The summed E-state index contributed by atoms with van der Waals surface area (Å²) in [5.41, 5.74) is 0. The summed E-state index contributed by atoms with van der Waals surface area (Å²) in [7, 11) is -4.67. The van der Waals surface area contributed by atoms with E-state index in [0.29, 0.717) is 11.5 Å². The number of hydrogen-bond acceptors (Lipinski definition) is 6. The van der Waals surface area contributed by atoms with E-state index in [4.69, 9.17) is 22.3 Å². The van der Waals surface area contributed by atoms with Gasteiger partial charge in [0.15, 0.2) is 23.0 Å². The monoisotopic (exact) mass is 317 g/mol. The van der Waals surface area contributed by atoms with Crippen LogP contribution in [0.15, 0.2) is 48.5 Å². The van der Waals surface area contributed by atoms with Gasteiger partial charge < -0.3 is 21.1 Å². The summed E-state index contributed by atoms with van der Waals surface area (Å²) in [5.74, 6) is 0.722. The van der Waals surface area contributed by atoms with Gasteiger partial charge in [0.25, 0.3) is 0 Å². The fraction of sp³-hybridized carbons (Fsp3) is 0. The number of hydrogen-bond donors (Lipinski definition) is 5. The minimum absolute atomic E-state index is 0. The molecule has 9 heteroatoms. The second-order valence-corrected chi connectivity index (χ2v) is 4.38. The number of phenols is 2. The molecule has 0 aliphatic rings. The molecule has 0 saturated carbocycles. The highest BCUT2D eigenvalue weighted by molar-refractivity contribution is 7.79. The Labute approximate surface area is 121 Å². The Morgan fingerprint density at radius 3 is 1.33 bits per heavy atom. The van der Waals surface area contributed by atoms with Crippen molar-refractivity contribution in [2.75, 3.05) is 0 Å². The zero-order chi connectivity index (χ0) is 15.2. The molecule has 8 nitrogen and oxygen atoms in total. The van der Waals surface area contributed by atoms with E-state index in [1.54, 1.807) is 36.4 Å². The molecule has 0 atom stereocenters. The van der Waals surface area contributed by atoms with Gasteiger partial charge in [-0.25, -0.2) is 0 Å². The Morgan fingerprint density at radius 1 is 0.762 bits per heavy atom. The van der Waals surface area contributed by atoms with Crippen molar-refractivity contribution in [2.45, 2.75) is 0 Å². The number of rotatable bonds is 2. The van der Waals surface area contributed by atoms with Gasteiger partial charge >= 0.3 is 10.4 Å². The molecular formula is C12H15NO7S. The van der Waals surface area contributed by atoms with Crippen LogP contribution in [0.1, 0.15) is 0 Å². The summed E-state index contributed by atoms with van der Waals surface area (Å²) < 4.78 is 36.9. The van der Waals surface area contributed by atoms with Gasteiger partial charge in [-0.05, 0) is 24.3 Å². The third-order valence-corrected chi connectivity index (χ3v) is 1.95. The molecular weight excluding hydrogens is 302 g/mol. The molecule has 0 bridgehead atoms. The number of benzene rings is 2. The molecule has 0 spiro atoms. The summed E-state index contributed by atoms with van der Waals surface area (Å²) in [5, 5.41) is 18.9. The highest BCUT2D eigenvalue weighted by Crippen LogP contribution is 2.34. The molecule has 2 aromatic rings. The molecule has 0 fully saturated rings. The Bertz CT molecular complexity index is 621. The fourth-order valence-electron chi connectivity index (χ4n) is 1.21. The standard InChI is InChI=1S/C12H10O3.H3N.H2O4S/c13-9-5-1-3-7-11(9)15-12-8-4-2-6-10(12)14;;1-5(2,3)4/h1-8,13-14H;1H3;(H2,1,2,3,4). The van der Waals surface area contributed by atoms with Crippen LogP contribution in [0.4, 0.5) is 0 Å². The number of ether oxygens (including phenoxy) is 1. The first-order valence-electron chi connectivity index (χ1n) is 5.21. The van der Waals surface area contributed by atoms with E-state index in [1.807, 2.05) is 0 Å². The third kappa shape index (κ3) is 7.74. The SMILES string of the molecule is N.O=S(=O)(O)O.Oc1ccccc1Oc1ccccc1O. The third-order valence-electron chi connectivity index (χ3n) is 1.95. The van der Waals surface area contributed by atoms with Crippen molar-refractivity contribution in [3.05, 3.63) is 48.5 Å². The first kappa shape index (κ1) is 18.7. The minimum atomic E-state index is -4.67. The number of phenolic OH excluding ortho intramolecular Hbond substituents is 2. The lowest BCUT2D eigenvalue weighted by molar-refractivity contribution is 0.380. The molecule has 116 valence electrons. The molecule has 0 aliphatic heterocycles. The van der Waals surface area contributed by atoms with Crippen LogP contribution in [-0.2, 0) is 10.4 Å². The molecule has 21 heavy (non-hydrogen) atoms. The number of para-hydroxylation sites is 4. The Hall–Kier alpha value is -2.33. The molecule has 0 aliphatic carbocycles. The summed E-state index contributed by atoms with van der Waals surface area (Å²) in [6.45, 7) is 0. The topological polar surface area (TPSA) is 159 Å². The summed E-state index contributed by atoms with van der Waals surface area (Å²) in [6, 6.07) is 13.2. The smallest absolute Gasteiger partial charge is 0.394 e. The van der Waals surface area contributed by atoms with Gasteiger partial charge in [0.1, 0.15) is 0 Å². The van der Waals surface area contributed by atoms with Crippen LogP contribution in [0.25, 0.3) is 0 Å². The van der Waals surface area contributed by atoms with E-state index >= 15 is 0 Å². The maximum Gasteiger partial charge on any atom is 0.394 e. The zero-order valence-electron chi connectivity index (χ0n) is 10.7. The van der Waals surface area contributed by atoms with Crippen LogP contribution < -0.4 is 10.9 Å². The highest BCUT2D eigenvalue weighted by Gasteiger charge is 2.05. The molecule has 0 aromatic heterocycles. The highest BCUT2D eigenvalue weighted by atomic mass is 32.3. The maximum absolute atomic E-state index is 9.46. The molecule has 0 amide bonds. The average molecular weight is 317 g/mol. The lowest BCUT2D eigenvalue weighted by Crippen LogP contribution is -1.89. The van der Waals surface area contributed by atoms with E-state index in [1.165, 1.54) is 12.1 Å². The van der Waals surface area contributed by atoms with Crippen LogP contribution in [0.3, 0.4) is 0 Å². The minimum Gasteiger partial charge on any atom is -0.504 e. The van der Waals surface area contributed by atoms with E-state index in [2.05, 4.69) is 0 Å². The first-order valence-corrected chi connectivity index (χ1v) is 6.61. The van der Waals surface area contributed by atoms with E-state index in [0.717, 1.165) is 0 Å². The number of aromatic hydroxyl groups is 2. The van der Waals surface area contributed by atoms with Crippen LogP contribution in [0.5, 0.6) is 23.0 Å². The van der Waals surface area contributed by atoms with Crippen LogP contribution in [0, 0.1) is 0 Å². The zero-order valence-corrected chi connectivity index (χ0v) is 11.6. The summed E-state index contributed by atoms with van der Waals surface area (Å²) >= 11 is 0. The predicted molar refractivity (Wildman–Crippen MR) is 75.5 cm³/mol. The van der Waals surface area contributed by atoms with Gasteiger partial charge in [-0.1, -0.05) is 24.3 Å². The van der Waals surface area contributed by atoms with Crippen molar-refractivity contribution < 1.29 is 32.5 Å². The van der Waals surface area contributed by atoms with Crippen LogP contribution in [-0.4, -0.2) is 27.7 Å². The second-order valence-electron chi connectivity index (χ2n) is 3.49. The quantitative estimate of drug-likeness (QED) is 0.528. The molecule has 0 saturated heterocycles. The van der Waals surface area contributed by atoms with Crippen molar-refractivity contribution in [1.82, 2.24) is 6.15 Å². The molecule has 0 radical (unpaired) electrons. The normalized spacial score (nSPS) is 9.81. The van der Waals surface area contributed by atoms with Gasteiger partial charge in [-0.15, -0.1) is 0 Å².